The summed E-state index contributed by atoms with van der Waals surface area (Å²) in [6.45, 7) is 8.38. The third-order valence-corrected chi connectivity index (χ3v) is 3.71. The third-order valence-electron chi connectivity index (χ3n) is 3.71. The lowest BCUT2D eigenvalue weighted by atomic mass is 10.0. The fraction of sp³-hybridized carbons (Fsp3) is 0.846. The van der Waals surface area contributed by atoms with Gasteiger partial charge in [0.15, 0.2) is 0 Å². The van der Waals surface area contributed by atoms with E-state index in [0.717, 1.165) is 13.0 Å². The van der Waals surface area contributed by atoms with E-state index in [2.05, 4.69) is 5.32 Å². The van der Waals surface area contributed by atoms with E-state index in [-0.39, 0.29) is 30.3 Å². The lowest BCUT2D eigenvalue weighted by molar-refractivity contribution is -0.141. The van der Waals surface area contributed by atoms with Gasteiger partial charge in [0.1, 0.15) is 0 Å². The molecule has 0 aromatic rings. The molecule has 1 N–H and O–H groups in total. The van der Waals surface area contributed by atoms with E-state index in [4.69, 9.17) is 0 Å². The van der Waals surface area contributed by atoms with Crippen molar-refractivity contribution in [2.45, 2.75) is 33.2 Å². The fourth-order valence-electron chi connectivity index (χ4n) is 2.44. The van der Waals surface area contributed by atoms with Crippen LogP contribution in [0.3, 0.4) is 0 Å². The fourth-order valence-corrected chi connectivity index (χ4v) is 2.44. The van der Waals surface area contributed by atoms with Gasteiger partial charge in [-0.05, 0) is 33.7 Å². The largest absolute Gasteiger partial charge is 0.342 e. The van der Waals surface area contributed by atoms with Gasteiger partial charge in [-0.3, -0.25) is 9.59 Å². The number of hydrogen-bond donors (Lipinski definition) is 1. The van der Waals surface area contributed by atoms with Crippen molar-refractivity contribution in [3.05, 3.63) is 0 Å². The van der Waals surface area contributed by atoms with Gasteiger partial charge in [0, 0.05) is 26.2 Å². The molecule has 1 aliphatic heterocycles. The monoisotopic (exact) mass is 255 g/mol. The van der Waals surface area contributed by atoms with Crippen molar-refractivity contribution in [3.63, 3.8) is 0 Å². The van der Waals surface area contributed by atoms with Crippen LogP contribution in [0.1, 0.15) is 27.2 Å². The van der Waals surface area contributed by atoms with Crippen LogP contribution in [-0.4, -0.2) is 60.9 Å². The summed E-state index contributed by atoms with van der Waals surface area (Å²) in [5.41, 5.74) is 0. The Morgan fingerprint density at radius 1 is 1.28 bits per heavy atom. The molecule has 1 heterocycles. The molecule has 2 amide bonds. The molecule has 0 bridgehead atoms. The molecule has 18 heavy (non-hydrogen) atoms. The summed E-state index contributed by atoms with van der Waals surface area (Å²) < 4.78 is 0. The molecule has 5 heteroatoms. The number of carbonyl (C=O) groups excluding carboxylic acids is 2. The summed E-state index contributed by atoms with van der Waals surface area (Å²) in [6, 6.07) is 0.212. The van der Waals surface area contributed by atoms with E-state index < -0.39 is 0 Å². The Morgan fingerprint density at radius 3 is 2.33 bits per heavy atom. The van der Waals surface area contributed by atoms with Crippen molar-refractivity contribution in [3.8, 4) is 0 Å². The van der Waals surface area contributed by atoms with Gasteiger partial charge in [-0.1, -0.05) is 0 Å². The molecule has 0 radical (unpaired) electrons. The van der Waals surface area contributed by atoms with Crippen molar-refractivity contribution in [1.82, 2.24) is 15.1 Å². The minimum Gasteiger partial charge on any atom is -0.342 e. The molecule has 2 unspecified atom stereocenters. The molecule has 2 atom stereocenters. The Hall–Kier alpha value is -1.10. The summed E-state index contributed by atoms with van der Waals surface area (Å²) in [6.07, 6.45) is 0.865. The Labute approximate surface area is 110 Å². The number of likely N-dealkylation sites (N-methyl/N-ethyl adjacent to an activating group) is 2. The third kappa shape index (κ3) is 3.45. The Morgan fingerprint density at radius 2 is 1.89 bits per heavy atom. The molecule has 104 valence electrons. The van der Waals surface area contributed by atoms with Gasteiger partial charge in [0.2, 0.25) is 11.8 Å². The number of hydrogen-bond acceptors (Lipinski definition) is 3. The lowest BCUT2D eigenvalue weighted by Crippen LogP contribution is -2.44. The summed E-state index contributed by atoms with van der Waals surface area (Å²) in [7, 11) is 1.72. The maximum Gasteiger partial charge on any atom is 0.242 e. The summed E-state index contributed by atoms with van der Waals surface area (Å²) >= 11 is 0. The van der Waals surface area contributed by atoms with Crippen molar-refractivity contribution in [1.29, 1.82) is 0 Å². The van der Waals surface area contributed by atoms with Crippen LogP contribution in [-0.2, 0) is 9.59 Å². The average molecular weight is 255 g/mol. The number of amides is 2. The minimum atomic E-state index is 0.0134. The van der Waals surface area contributed by atoms with Crippen LogP contribution in [0.4, 0.5) is 0 Å². The van der Waals surface area contributed by atoms with Gasteiger partial charge in [-0.2, -0.15) is 0 Å². The Balaban J connectivity index is 2.51. The van der Waals surface area contributed by atoms with Crippen LogP contribution >= 0.6 is 0 Å². The Kier molecular flexibility index (Phi) is 5.59. The average Bonchev–Trinajstić information content (AvgIpc) is 2.76. The molecule has 1 fully saturated rings. The second-order valence-corrected chi connectivity index (χ2v) is 4.90. The topological polar surface area (TPSA) is 52.7 Å². The van der Waals surface area contributed by atoms with E-state index in [0.29, 0.717) is 13.1 Å². The zero-order valence-corrected chi connectivity index (χ0v) is 11.9. The molecular weight excluding hydrogens is 230 g/mol. The minimum absolute atomic E-state index is 0.0134. The zero-order valence-electron chi connectivity index (χ0n) is 11.9. The van der Waals surface area contributed by atoms with E-state index in [1.54, 1.807) is 16.8 Å². The summed E-state index contributed by atoms with van der Waals surface area (Å²) in [5, 5.41) is 3.26. The molecule has 1 saturated heterocycles. The molecule has 0 aliphatic carbocycles. The highest BCUT2D eigenvalue weighted by molar-refractivity contribution is 5.86. The summed E-state index contributed by atoms with van der Waals surface area (Å²) in [5.74, 6) is 0.113. The van der Waals surface area contributed by atoms with Crippen LogP contribution < -0.4 is 5.32 Å². The highest BCUT2D eigenvalue weighted by Crippen LogP contribution is 2.17. The molecule has 0 aromatic carbocycles. The first-order chi connectivity index (χ1) is 8.51. The molecular formula is C13H25N3O2. The molecule has 0 saturated carbocycles. The van der Waals surface area contributed by atoms with Crippen molar-refractivity contribution in [2.75, 3.05) is 33.2 Å². The van der Waals surface area contributed by atoms with E-state index >= 15 is 0 Å². The van der Waals surface area contributed by atoms with Gasteiger partial charge in [-0.15, -0.1) is 0 Å². The van der Waals surface area contributed by atoms with Crippen LogP contribution in [0.2, 0.25) is 0 Å². The predicted octanol–water partition coefficient (Wildman–Crippen LogP) is 0.311. The van der Waals surface area contributed by atoms with Crippen LogP contribution in [0.25, 0.3) is 0 Å². The smallest absolute Gasteiger partial charge is 0.242 e. The van der Waals surface area contributed by atoms with Gasteiger partial charge in [0.05, 0.1) is 12.5 Å². The van der Waals surface area contributed by atoms with E-state index in [1.165, 1.54) is 0 Å². The standard InChI is InChI=1S/C13H25N3O2/c1-5-16(6-2)12(17)9-15(4)13(18)11-7-8-14-10(11)3/h10-11,14H,5-9H2,1-4H3. The van der Waals surface area contributed by atoms with Crippen molar-refractivity contribution < 1.29 is 9.59 Å². The Bertz CT molecular complexity index is 303. The van der Waals surface area contributed by atoms with Crippen molar-refractivity contribution >= 4 is 11.8 Å². The van der Waals surface area contributed by atoms with Gasteiger partial charge in [0.25, 0.3) is 0 Å². The second kappa shape index (κ2) is 6.73. The molecule has 1 rings (SSSR count). The van der Waals surface area contributed by atoms with Gasteiger partial charge in [-0.25, -0.2) is 0 Å². The van der Waals surface area contributed by atoms with E-state index in [1.807, 2.05) is 20.8 Å². The molecule has 0 spiro atoms. The first kappa shape index (κ1) is 15.0. The van der Waals surface area contributed by atoms with Crippen LogP contribution in [0, 0.1) is 5.92 Å². The highest BCUT2D eigenvalue weighted by Gasteiger charge is 2.32. The molecule has 0 aromatic heterocycles. The number of nitrogens with one attached hydrogen (secondary N) is 1. The maximum atomic E-state index is 12.2. The number of nitrogens with zero attached hydrogens (tertiary/aromatic N) is 2. The highest BCUT2D eigenvalue weighted by atomic mass is 16.2. The maximum absolute atomic E-state index is 12.2. The molecule has 5 nitrogen and oxygen atoms in total. The predicted molar refractivity (Wildman–Crippen MR) is 71.1 cm³/mol. The number of carbonyl (C=O) groups is 2. The first-order valence-electron chi connectivity index (χ1n) is 6.77. The first-order valence-corrected chi connectivity index (χ1v) is 6.77. The van der Waals surface area contributed by atoms with Crippen LogP contribution in [0.5, 0.6) is 0 Å². The van der Waals surface area contributed by atoms with Gasteiger partial charge < -0.3 is 15.1 Å². The molecule has 1 aliphatic rings. The second-order valence-electron chi connectivity index (χ2n) is 4.90. The van der Waals surface area contributed by atoms with Crippen LogP contribution in [0.15, 0.2) is 0 Å². The zero-order chi connectivity index (χ0) is 13.7. The SMILES string of the molecule is CCN(CC)C(=O)CN(C)C(=O)C1CCNC1C. The quantitative estimate of drug-likeness (QED) is 0.769. The lowest BCUT2D eigenvalue weighted by Gasteiger charge is -2.26. The normalized spacial score (nSPS) is 22.9. The summed E-state index contributed by atoms with van der Waals surface area (Å²) in [4.78, 5) is 27.5. The van der Waals surface area contributed by atoms with E-state index in [9.17, 15) is 9.59 Å². The van der Waals surface area contributed by atoms with Crippen molar-refractivity contribution in [2.24, 2.45) is 5.92 Å². The van der Waals surface area contributed by atoms with Gasteiger partial charge >= 0.3 is 0 Å². The number of rotatable bonds is 5.